The molecule has 0 aromatic carbocycles. The van der Waals surface area contributed by atoms with Crippen LogP contribution in [0, 0.1) is 0 Å². The van der Waals surface area contributed by atoms with E-state index in [9.17, 15) is 13.2 Å². The van der Waals surface area contributed by atoms with Gasteiger partial charge in [0.15, 0.2) is 5.69 Å². The lowest BCUT2D eigenvalue weighted by atomic mass is 9.87. The third-order valence-electron chi connectivity index (χ3n) is 4.35. The van der Waals surface area contributed by atoms with E-state index in [4.69, 9.17) is 0 Å². The van der Waals surface area contributed by atoms with Crippen molar-refractivity contribution in [3.63, 3.8) is 0 Å². The highest BCUT2D eigenvalue weighted by Gasteiger charge is 2.48. The Morgan fingerprint density at radius 1 is 1.33 bits per heavy atom. The van der Waals surface area contributed by atoms with Gasteiger partial charge in [-0.2, -0.15) is 4.31 Å². The van der Waals surface area contributed by atoms with Crippen LogP contribution in [0.3, 0.4) is 0 Å². The minimum absolute atomic E-state index is 0.150. The molecule has 0 N–H and O–H groups in total. The molecule has 7 nitrogen and oxygen atoms in total. The second-order valence-electron chi connectivity index (χ2n) is 5.78. The molecule has 0 radical (unpaired) electrons. The standard InChI is InChI=1S/C12H18N4O3S2/c1-21(18,19)16-7-3-5-12(16)4-2-6-15(9-12)11(17)10-8-20-14-13-10/h8H,2-7,9H2,1H3/t12-/m1/s1. The SMILES string of the molecule is CS(=O)(=O)N1CCC[C@@]12CCCN(C(=O)c1csnn1)C2. The molecule has 0 saturated carbocycles. The van der Waals surface area contributed by atoms with Gasteiger partial charge in [-0.15, -0.1) is 5.10 Å². The molecule has 1 aromatic heterocycles. The van der Waals surface area contributed by atoms with Crippen molar-refractivity contribution in [1.29, 1.82) is 0 Å². The molecule has 1 aromatic rings. The van der Waals surface area contributed by atoms with Gasteiger partial charge in [0.1, 0.15) is 0 Å². The number of nitrogens with zero attached hydrogens (tertiary/aromatic N) is 4. The molecule has 2 saturated heterocycles. The van der Waals surface area contributed by atoms with Crippen LogP contribution < -0.4 is 0 Å². The molecule has 2 fully saturated rings. The van der Waals surface area contributed by atoms with Gasteiger partial charge >= 0.3 is 0 Å². The second kappa shape index (κ2) is 5.29. The topological polar surface area (TPSA) is 83.5 Å². The molecule has 1 atom stereocenters. The smallest absolute Gasteiger partial charge is 0.275 e. The highest BCUT2D eigenvalue weighted by molar-refractivity contribution is 7.88. The zero-order valence-electron chi connectivity index (χ0n) is 11.9. The Balaban J connectivity index is 1.84. The molecule has 1 amide bonds. The first-order valence-electron chi connectivity index (χ1n) is 6.97. The van der Waals surface area contributed by atoms with Gasteiger partial charge in [-0.1, -0.05) is 4.49 Å². The minimum Gasteiger partial charge on any atom is -0.335 e. The molecule has 2 aliphatic rings. The van der Waals surface area contributed by atoms with E-state index in [-0.39, 0.29) is 5.91 Å². The Hall–Kier alpha value is -1.06. The number of carbonyl (C=O) groups is 1. The van der Waals surface area contributed by atoms with Crippen molar-refractivity contribution in [2.24, 2.45) is 0 Å². The van der Waals surface area contributed by atoms with Gasteiger partial charge in [-0.05, 0) is 37.2 Å². The first-order valence-corrected chi connectivity index (χ1v) is 9.65. The van der Waals surface area contributed by atoms with Gasteiger partial charge in [-0.3, -0.25) is 4.79 Å². The summed E-state index contributed by atoms with van der Waals surface area (Å²) >= 11 is 1.15. The lowest BCUT2D eigenvalue weighted by Crippen LogP contribution is -2.58. The molecule has 21 heavy (non-hydrogen) atoms. The number of hydrogen-bond donors (Lipinski definition) is 0. The number of sulfonamides is 1. The molecular formula is C12H18N4O3S2. The van der Waals surface area contributed by atoms with E-state index in [1.54, 1.807) is 14.6 Å². The molecule has 0 unspecified atom stereocenters. The predicted octanol–water partition coefficient (Wildman–Crippen LogP) is 0.568. The summed E-state index contributed by atoms with van der Waals surface area (Å²) in [5.41, 5.74) is -0.0775. The largest absolute Gasteiger partial charge is 0.335 e. The summed E-state index contributed by atoms with van der Waals surface area (Å²) in [6.07, 6.45) is 4.56. The van der Waals surface area contributed by atoms with Crippen molar-refractivity contribution < 1.29 is 13.2 Å². The van der Waals surface area contributed by atoms with Crippen molar-refractivity contribution in [3.05, 3.63) is 11.1 Å². The van der Waals surface area contributed by atoms with E-state index >= 15 is 0 Å². The molecule has 116 valence electrons. The predicted molar refractivity (Wildman–Crippen MR) is 78.6 cm³/mol. The van der Waals surface area contributed by atoms with E-state index in [1.165, 1.54) is 6.26 Å². The summed E-state index contributed by atoms with van der Waals surface area (Å²) in [6, 6.07) is 0. The number of piperidine rings is 1. The number of amides is 1. The highest BCUT2D eigenvalue weighted by atomic mass is 32.2. The lowest BCUT2D eigenvalue weighted by Gasteiger charge is -2.44. The summed E-state index contributed by atoms with van der Waals surface area (Å²) in [7, 11) is -3.24. The van der Waals surface area contributed by atoms with Crippen molar-refractivity contribution in [2.75, 3.05) is 25.9 Å². The third-order valence-corrected chi connectivity index (χ3v) is 6.23. The summed E-state index contributed by atoms with van der Waals surface area (Å²) < 4.78 is 29.3. The van der Waals surface area contributed by atoms with Crippen molar-refractivity contribution in [1.82, 2.24) is 18.8 Å². The van der Waals surface area contributed by atoms with Gasteiger partial charge in [0.25, 0.3) is 5.91 Å². The van der Waals surface area contributed by atoms with Crippen molar-refractivity contribution in [3.8, 4) is 0 Å². The van der Waals surface area contributed by atoms with Crippen molar-refractivity contribution in [2.45, 2.75) is 31.2 Å². The molecule has 1 spiro atoms. The Bertz CT molecular complexity index is 631. The fraction of sp³-hybridized carbons (Fsp3) is 0.750. The molecule has 0 bridgehead atoms. The van der Waals surface area contributed by atoms with E-state index in [0.29, 0.717) is 25.3 Å². The molecule has 9 heteroatoms. The van der Waals surface area contributed by atoms with Crippen LogP contribution in [0.15, 0.2) is 5.38 Å². The molecule has 0 aliphatic carbocycles. The van der Waals surface area contributed by atoms with Crippen LogP contribution in [0.5, 0.6) is 0 Å². The van der Waals surface area contributed by atoms with Crippen LogP contribution in [-0.2, 0) is 10.0 Å². The van der Waals surface area contributed by atoms with Crippen molar-refractivity contribution >= 4 is 27.5 Å². The summed E-state index contributed by atoms with van der Waals surface area (Å²) in [4.78, 5) is 14.1. The van der Waals surface area contributed by atoms with Crippen LogP contribution in [-0.4, -0.2) is 64.5 Å². The maximum absolute atomic E-state index is 12.4. The number of hydrogen-bond acceptors (Lipinski definition) is 6. The van der Waals surface area contributed by atoms with Gasteiger partial charge in [0.2, 0.25) is 10.0 Å². The fourth-order valence-electron chi connectivity index (χ4n) is 3.54. The Labute approximate surface area is 128 Å². The summed E-state index contributed by atoms with van der Waals surface area (Å²) in [5, 5.41) is 5.45. The van der Waals surface area contributed by atoms with Crippen LogP contribution in [0.4, 0.5) is 0 Å². The Kier molecular flexibility index (Phi) is 3.74. The molecule has 3 rings (SSSR count). The van der Waals surface area contributed by atoms with Crippen LogP contribution >= 0.6 is 11.5 Å². The maximum atomic E-state index is 12.4. The Morgan fingerprint density at radius 2 is 2.05 bits per heavy atom. The zero-order chi connectivity index (χ0) is 15.1. The van der Waals surface area contributed by atoms with Crippen LogP contribution in [0.25, 0.3) is 0 Å². The minimum atomic E-state index is -3.24. The average Bonchev–Trinajstić information content (AvgIpc) is 3.07. The third kappa shape index (κ3) is 2.69. The number of aromatic nitrogens is 2. The molecule has 3 heterocycles. The number of likely N-dealkylation sites (tertiary alicyclic amines) is 1. The summed E-state index contributed by atoms with van der Waals surface area (Å²) in [5.74, 6) is -0.150. The van der Waals surface area contributed by atoms with Gasteiger partial charge in [-0.25, -0.2) is 8.42 Å². The van der Waals surface area contributed by atoms with Crippen LogP contribution in [0.1, 0.15) is 36.2 Å². The Morgan fingerprint density at radius 3 is 2.67 bits per heavy atom. The monoisotopic (exact) mass is 330 g/mol. The van der Waals surface area contributed by atoms with E-state index < -0.39 is 15.6 Å². The highest BCUT2D eigenvalue weighted by Crippen LogP contribution is 2.39. The van der Waals surface area contributed by atoms with E-state index in [2.05, 4.69) is 9.59 Å². The van der Waals surface area contributed by atoms with Crippen LogP contribution in [0.2, 0.25) is 0 Å². The molecular weight excluding hydrogens is 312 g/mol. The van der Waals surface area contributed by atoms with Gasteiger partial charge in [0.05, 0.1) is 11.8 Å². The second-order valence-corrected chi connectivity index (χ2v) is 8.30. The van der Waals surface area contributed by atoms with E-state index in [1.807, 2.05) is 0 Å². The fourth-order valence-corrected chi connectivity index (χ4v) is 5.38. The average molecular weight is 330 g/mol. The normalized spacial score (nSPS) is 27.4. The van der Waals surface area contributed by atoms with Gasteiger partial charge in [0, 0.05) is 25.0 Å². The summed E-state index contributed by atoms with van der Waals surface area (Å²) in [6.45, 7) is 1.66. The molecule has 2 aliphatic heterocycles. The number of rotatable bonds is 2. The quantitative estimate of drug-likeness (QED) is 0.791. The lowest BCUT2D eigenvalue weighted by molar-refractivity contribution is 0.0519. The first-order chi connectivity index (χ1) is 9.92. The zero-order valence-corrected chi connectivity index (χ0v) is 13.5. The maximum Gasteiger partial charge on any atom is 0.275 e. The number of carbonyl (C=O) groups excluding carboxylic acids is 1. The van der Waals surface area contributed by atoms with Gasteiger partial charge < -0.3 is 4.90 Å². The first kappa shape index (κ1) is 14.9. The van der Waals surface area contributed by atoms with E-state index in [0.717, 1.165) is 37.2 Å².